The lowest BCUT2D eigenvalue weighted by atomic mass is 10.0. The quantitative estimate of drug-likeness (QED) is 0.403. The predicted octanol–water partition coefficient (Wildman–Crippen LogP) is 3.69. The Morgan fingerprint density at radius 2 is 1.57 bits per heavy atom. The first-order valence-electron chi connectivity index (χ1n) is 8.80. The lowest BCUT2D eigenvalue weighted by Gasteiger charge is -2.20. The molecule has 0 saturated heterocycles. The highest BCUT2D eigenvalue weighted by Crippen LogP contribution is 2.10. The second kappa shape index (κ2) is 14.3. The number of carboxylic acids is 1. The van der Waals surface area contributed by atoms with Gasteiger partial charge in [0.25, 0.3) is 0 Å². The summed E-state index contributed by atoms with van der Waals surface area (Å²) in [5.41, 5.74) is 5.45. The van der Waals surface area contributed by atoms with Crippen molar-refractivity contribution in [1.82, 2.24) is 5.32 Å². The first-order valence-corrected chi connectivity index (χ1v) is 8.80. The van der Waals surface area contributed by atoms with Gasteiger partial charge < -0.3 is 16.2 Å². The number of nitrogens with two attached hydrogens (primary N) is 1. The van der Waals surface area contributed by atoms with Crippen LogP contribution in [0, 0.1) is 0 Å². The van der Waals surface area contributed by atoms with E-state index in [9.17, 15) is 9.90 Å². The molecule has 0 bridgehead atoms. The van der Waals surface area contributed by atoms with Gasteiger partial charge in [0.15, 0.2) is 0 Å². The summed E-state index contributed by atoms with van der Waals surface area (Å²) in [4.78, 5) is 11.2. The largest absolute Gasteiger partial charge is 0.480 e. The summed E-state index contributed by atoms with van der Waals surface area (Å²) in [5.74, 6) is -0.738. The normalized spacial score (nSPS) is 14.0. The molecule has 4 heteroatoms. The molecule has 0 aromatic carbocycles. The summed E-state index contributed by atoms with van der Waals surface area (Å²) < 4.78 is 0. The lowest BCUT2D eigenvalue weighted by Crippen LogP contribution is -2.42. The molecule has 0 aromatic heterocycles. The summed E-state index contributed by atoms with van der Waals surface area (Å²) in [6.45, 7) is 4.97. The molecule has 0 heterocycles. The Hall–Kier alpha value is -0.610. The van der Waals surface area contributed by atoms with Crippen LogP contribution in [0.2, 0.25) is 0 Å². The fraction of sp³-hybridized carbons (Fsp3) is 0.941. The Balaban J connectivity index is 3.67. The number of hydrogen-bond donors (Lipinski definition) is 3. The first kappa shape index (κ1) is 20.4. The zero-order chi connectivity index (χ0) is 15.9. The average molecular weight is 300 g/mol. The first-order chi connectivity index (χ1) is 10.1. The van der Waals surface area contributed by atoms with E-state index < -0.39 is 12.0 Å². The van der Waals surface area contributed by atoms with E-state index in [4.69, 9.17) is 5.73 Å². The van der Waals surface area contributed by atoms with E-state index in [1.807, 2.05) is 0 Å². The Labute approximate surface area is 130 Å². The van der Waals surface area contributed by atoms with Crippen molar-refractivity contribution in [2.24, 2.45) is 5.73 Å². The smallest absolute Gasteiger partial charge is 0.320 e. The van der Waals surface area contributed by atoms with Gasteiger partial charge >= 0.3 is 5.97 Å². The molecule has 4 nitrogen and oxygen atoms in total. The zero-order valence-corrected chi connectivity index (χ0v) is 14.1. The number of carbonyl (C=O) groups is 1. The van der Waals surface area contributed by atoms with E-state index in [1.165, 1.54) is 44.9 Å². The monoisotopic (exact) mass is 300 g/mol. The van der Waals surface area contributed by atoms with Crippen LogP contribution in [0.1, 0.15) is 84.5 Å². The number of rotatable bonds is 15. The van der Waals surface area contributed by atoms with Crippen LogP contribution in [0.5, 0.6) is 0 Å². The zero-order valence-electron chi connectivity index (χ0n) is 14.1. The molecule has 126 valence electrons. The van der Waals surface area contributed by atoms with Gasteiger partial charge in [-0.15, -0.1) is 0 Å². The van der Waals surface area contributed by atoms with Crippen LogP contribution in [-0.4, -0.2) is 29.7 Å². The third kappa shape index (κ3) is 12.8. The molecule has 4 N–H and O–H groups in total. The Morgan fingerprint density at radius 3 is 2.14 bits per heavy atom. The van der Waals surface area contributed by atoms with Crippen LogP contribution in [-0.2, 0) is 4.79 Å². The maximum atomic E-state index is 11.2. The maximum absolute atomic E-state index is 11.2. The van der Waals surface area contributed by atoms with Crippen LogP contribution in [0.15, 0.2) is 0 Å². The highest BCUT2D eigenvalue weighted by Gasteiger charge is 2.18. The molecule has 0 aromatic rings. The van der Waals surface area contributed by atoms with Gasteiger partial charge in [-0.2, -0.15) is 0 Å². The highest BCUT2D eigenvalue weighted by atomic mass is 16.4. The molecule has 21 heavy (non-hydrogen) atoms. The number of aliphatic carboxylic acids is 1. The van der Waals surface area contributed by atoms with Gasteiger partial charge in [-0.05, 0) is 32.7 Å². The standard InChI is InChI=1S/C17H36N2O2/c1-3-4-5-6-7-8-9-12-15(2)19-16(17(20)21)13-10-11-14-18/h15-16,19H,3-14,18H2,1-2H3,(H,20,21)/t15?,16-/m0/s1. The van der Waals surface area contributed by atoms with Crippen molar-refractivity contribution in [3.8, 4) is 0 Å². The Bertz CT molecular complexity index is 247. The third-order valence-electron chi connectivity index (χ3n) is 3.97. The van der Waals surface area contributed by atoms with Crippen LogP contribution in [0.25, 0.3) is 0 Å². The molecule has 0 aliphatic rings. The fourth-order valence-electron chi connectivity index (χ4n) is 2.61. The van der Waals surface area contributed by atoms with Crippen molar-refractivity contribution >= 4 is 5.97 Å². The summed E-state index contributed by atoms with van der Waals surface area (Å²) in [6, 6.07) is -0.143. The predicted molar refractivity (Wildman–Crippen MR) is 89.5 cm³/mol. The number of hydrogen-bond acceptors (Lipinski definition) is 3. The molecule has 0 spiro atoms. The molecule has 0 rings (SSSR count). The molecule has 0 radical (unpaired) electrons. The van der Waals surface area contributed by atoms with E-state index in [2.05, 4.69) is 19.2 Å². The van der Waals surface area contributed by atoms with Gasteiger partial charge in [0.1, 0.15) is 6.04 Å². The molecule has 0 fully saturated rings. The highest BCUT2D eigenvalue weighted by molar-refractivity contribution is 5.73. The van der Waals surface area contributed by atoms with Crippen molar-refractivity contribution in [3.05, 3.63) is 0 Å². The summed E-state index contributed by atoms with van der Waals surface area (Å²) in [6.07, 6.45) is 12.6. The van der Waals surface area contributed by atoms with Crippen molar-refractivity contribution in [3.63, 3.8) is 0 Å². The van der Waals surface area contributed by atoms with E-state index in [1.54, 1.807) is 0 Å². The van der Waals surface area contributed by atoms with Crippen molar-refractivity contribution in [1.29, 1.82) is 0 Å². The van der Waals surface area contributed by atoms with E-state index >= 15 is 0 Å². The van der Waals surface area contributed by atoms with Crippen LogP contribution < -0.4 is 11.1 Å². The maximum Gasteiger partial charge on any atom is 0.320 e. The number of nitrogens with one attached hydrogen (secondary N) is 1. The van der Waals surface area contributed by atoms with Gasteiger partial charge in [-0.3, -0.25) is 4.79 Å². The van der Waals surface area contributed by atoms with Crippen LogP contribution >= 0.6 is 0 Å². The van der Waals surface area contributed by atoms with Gasteiger partial charge in [-0.25, -0.2) is 0 Å². The fourth-order valence-corrected chi connectivity index (χ4v) is 2.61. The summed E-state index contributed by atoms with van der Waals surface area (Å²) >= 11 is 0. The summed E-state index contributed by atoms with van der Waals surface area (Å²) in [5, 5.41) is 12.5. The van der Waals surface area contributed by atoms with Gasteiger partial charge in [0, 0.05) is 6.04 Å². The minimum atomic E-state index is -0.738. The molecular weight excluding hydrogens is 264 g/mol. The second-order valence-electron chi connectivity index (χ2n) is 6.15. The Kier molecular flexibility index (Phi) is 13.9. The number of carboxylic acid groups (broad SMARTS) is 1. The van der Waals surface area contributed by atoms with Gasteiger partial charge in [-0.1, -0.05) is 58.3 Å². The molecular formula is C17H36N2O2. The van der Waals surface area contributed by atoms with E-state index in [0.29, 0.717) is 13.0 Å². The van der Waals surface area contributed by atoms with Crippen LogP contribution in [0.4, 0.5) is 0 Å². The molecule has 2 atom stereocenters. The van der Waals surface area contributed by atoms with Crippen molar-refractivity contribution < 1.29 is 9.90 Å². The van der Waals surface area contributed by atoms with Gasteiger partial charge in [0.2, 0.25) is 0 Å². The molecule has 0 aliphatic heterocycles. The molecule has 0 amide bonds. The topological polar surface area (TPSA) is 75.3 Å². The van der Waals surface area contributed by atoms with E-state index in [0.717, 1.165) is 19.3 Å². The third-order valence-corrected chi connectivity index (χ3v) is 3.97. The van der Waals surface area contributed by atoms with Crippen molar-refractivity contribution in [2.45, 2.75) is 96.6 Å². The van der Waals surface area contributed by atoms with Crippen molar-refractivity contribution in [2.75, 3.05) is 6.54 Å². The van der Waals surface area contributed by atoms with Crippen LogP contribution in [0.3, 0.4) is 0 Å². The SMILES string of the molecule is CCCCCCCCCC(C)N[C@@H](CCCCN)C(=O)O. The minimum Gasteiger partial charge on any atom is -0.480 e. The van der Waals surface area contributed by atoms with E-state index in [-0.39, 0.29) is 6.04 Å². The molecule has 0 saturated carbocycles. The molecule has 1 unspecified atom stereocenters. The lowest BCUT2D eigenvalue weighted by molar-refractivity contribution is -0.139. The van der Waals surface area contributed by atoms with Gasteiger partial charge in [0.05, 0.1) is 0 Å². The summed E-state index contributed by atoms with van der Waals surface area (Å²) in [7, 11) is 0. The average Bonchev–Trinajstić information content (AvgIpc) is 2.45. The molecule has 0 aliphatic carbocycles. The second-order valence-corrected chi connectivity index (χ2v) is 6.15. The Morgan fingerprint density at radius 1 is 1.00 bits per heavy atom. The minimum absolute atomic E-state index is 0.277. The number of unbranched alkanes of at least 4 members (excludes halogenated alkanes) is 7.